The first kappa shape index (κ1) is 19.9. The monoisotopic (exact) mass is 368 g/mol. The molecule has 1 aromatic rings. The molecule has 6 nitrogen and oxygen atoms in total. The quantitative estimate of drug-likeness (QED) is 0.739. The number of sulfonamides is 1. The Bertz CT molecular complexity index is 665. The minimum absolute atomic E-state index is 0.0109. The first-order valence-corrected chi connectivity index (χ1v) is 10.2. The molecule has 0 saturated carbocycles. The van der Waals surface area contributed by atoms with Crippen LogP contribution in [0.15, 0.2) is 29.2 Å². The van der Waals surface area contributed by atoms with Crippen LogP contribution in [0.25, 0.3) is 0 Å². The van der Waals surface area contributed by atoms with Crippen molar-refractivity contribution in [3.63, 3.8) is 0 Å². The van der Waals surface area contributed by atoms with Gasteiger partial charge in [-0.1, -0.05) is 26.0 Å². The topological polar surface area (TPSA) is 66.9 Å². The predicted molar refractivity (Wildman–Crippen MR) is 97.0 cm³/mol. The maximum absolute atomic E-state index is 12.8. The highest BCUT2D eigenvalue weighted by molar-refractivity contribution is 7.89. The second-order valence-corrected chi connectivity index (χ2v) is 8.34. The Morgan fingerprint density at radius 2 is 1.76 bits per heavy atom. The fourth-order valence-corrected chi connectivity index (χ4v) is 4.30. The standard InChI is InChI=1S/C18H28N2O4S/c1-4-15(2)16-5-7-17(8-6-16)25(22,23)20-12-10-19(11-13-20)18(21)9-14-24-3/h5-8,15H,4,9-14H2,1-3H3/t15-/m0/s1. The van der Waals surface area contributed by atoms with Gasteiger partial charge in [0, 0.05) is 33.3 Å². The smallest absolute Gasteiger partial charge is 0.243 e. The Kier molecular flexibility index (Phi) is 6.98. The van der Waals surface area contributed by atoms with Crippen LogP contribution in [0, 0.1) is 0 Å². The Balaban J connectivity index is 2.00. The predicted octanol–water partition coefficient (Wildman–Crippen LogP) is 2.07. The van der Waals surface area contributed by atoms with Gasteiger partial charge < -0.3 is 9.64 Å². The van der Waals surface area contributed by atoms with Crippen LogP contribution in [0.4, 0.5) is 0 Å². The van der Waals surface area contributed by atoms with Gasteiger partial charge >= 0.3 is 0 Å². The highest BCUT2D eigenvalue weighted by Crippen LogP contribution is 2.23. The normalized spacial score (nSPS) is 17.5. The van der Waals surface area contributed by atoms with Crippen LogP contribution in [-0.2, 0) is 19.6 Å². The molecule has 0 aromatic heterocycles. The fraction of sp³-hybridized carbons (Fsp3) is 0.611. The van der Waals surface area contributed by atoms with Gasteiger partial charge in [-0.25, -0.2) is 8.42 Å². The SMILES string of the molecule is CC[C@H](C)c1ccc(S(=O)(=O)N2CCN(C(=O)CCOC)CC2)cc1. The molecule has 2 rings (SSSR count). The van der Waals surface area contributed by atoms with Crippen LogP contribution in [0.2, 0.25) is 0 Å². The van der Waals surface area contributed by atoms with Crippen LogP contribution in [0.3, 0.4) is 0 Å². The molecular weight excluding hydrogens is 340 g/mol. The van der Waals surface area contributed by atoms with Gasteiger partial charge in [0.25, 0.3) is 0 Å². The molecule has 0 N–H and O–H groups in total. The van der Waals surface area contributed by atoms with E-state index in [4.69, 9.17) is 4.74 Å². The number of hydrogen-bond acceptors (Lipinski definition) is 4. The van der Waals surface area contributed by atoms with E-state index in [0.717, 1.165) is 12.0 Å². The molecule has 1 fully saturated rings. The Labute approximate surface area is 150 Å². The lowest BCUT2D eigenvalue weighted by Gasteiger charge is -2.34. The molecule has 0 aliphatic carbocycles. The molecule has 1 aliphatic rings. The summed E-state index contributed by atoms with van der Waals surface area (Å²) in [4.78, 5) is 14.0. The van der Waals surface area contributed by atoms with Crippen LogP contribution in [0.5, 0.6) is 0 Å². The van der Waals surface area contributed by atoms with E-state index in [1.807, 2.05) is 12.1 Å². The number of hydrogen-bond donors (Lipinski definition) is 0. The average Bonchev–Trinajstić information content (AvgIpc) is 2.65. The number of nitrogens with zero attached hydrogens (tertiary/aromatic N) is 2. The highest BCUT2D eigenvalue weighted by Gasteiger charge is 2.29. The Morgan fingerprint density at radius 3 is 2.28 bits per heavy atom. The molecule has 7 heteroatoms. The van der Waals surface area contributed by atoms with Crippen molar-refractivity contribution < 1.29 is 17.9 Å². The number of benzene rings is 1. The van der Waals surface area contributed by atoms with Crippen molar-refractivity contribution in [2.24, 2.45) is 0 Å². The number of carbonyl (C=O) groups excluding carboxylic acids is 1. The molecule has 1 heterocycles. The summed E-state index contributed by atoms with van der Waals surface area (Å²) in [5.41, 5.74) is 1.15. The molecule has 140 valence electrons. The van der Waals surface area contributed by atoms with Crippen molar-refractivity contribution in [2.75, 3.05) is 39.9 Å². The molecular formula is C18H28N2O4S. The summed E-state index contributed by atoms with van der Waals surface area (Å²) < 4.78 is 32.0. The van der Waals surface area contributed by atoms with Crippen molar-refractivity contribution in [3.8, 4) is 0 Å². The van der Waals surface area contributed by atoms with Crippen molar-refractivity contribution in [2.45, 2.75) is 37.5 Å². The van der Waals surface area contributed by atoms with Crippen molar-refractivity contribution in [1.82, 2.24) is 9.21 Å². The number of rotatable bonds is 7. The molecule has 1 atom stereocenters. The van der Waals surface area contributed by atoms with Crippen LogP contribution in [-0.4, -0.2) is 63.4 Å². The van der Waals surface area contributed by atoms with E-state index in [-0.39, 0.29) is 5.91 Å². The zero-order chi connectivity index (χ0) is 18.4. The molecule has 0 radical (unpaired) electrons. The number of piperazine rings is 1. The molecule has 1 aromatic carbocycles. The van der Waals surface area contributed by atoms with Gasteiger partial charge in [-0.05, 0) is 30.0 Å². The largest absolute Gasteiger partial charge is 0.384 e. The molecule has 1 amide bonds. The number of carbonyl (C=O) groups is 1. The first-order chi connectivity index (χ1) is 11.9. The summed E-state index contributed by atoms with van der Waals surface area (Å²) in [6, 6.07) is 7.16. The van der Waals surface area contributed by atoms with Crippen LogP contribution in [0.1, 0.15) is 38.2 Å². The summed E-state index contributed by atoms with van der Waals surface area (Å²) in [6.07, 6.45) is 1.35. The van der Waals surface area contributed by atoms with Crippen LogP contribution >= 0.6 is 0 Å². The molecule has 1 aliphatic heterocycles. The van der Waals surface area contributed by atoms with E-state index in [1.54, 1.807) is 24.1 Å². The van der Waals surface area contributed by atoms with E-state index in [2.05, 4.69) is 13.8 Å². The third-order valence-electron chi connectivity index (χ3n) is 4.81. The van der Waals surface area contributed by atoms with Gasteiger partial charge in [-0.15, -0.1) is 0 Å². The molecule has 0 spiro atoms. The van der Waals surface area contributed by atoms with Gasteiger partial charge in [-0.2, -0.15) is 4.31 Å². The summed E-state index contributed by atoms with van der Waals surface area (Å²) in [7, 11) is -1.95. The minimum Gasteiger partial charge on any atom is -0.384 e. The van der Waals surface area contributed by atoms with E-state index >= 15 is 0 Å². The molecule has 0 bridgehead atoms. The Hall–Kier alpha value is -1.44. The Morgan fingerprint density at radius 1 is 1.16 bits per heavy atom. The van der Waals surface area contributed by atoms with Gasteiger partial charge in [-0.3, -0.25) is 4.79 Å². The zero-order valence-corrected chi connectivity index (χ0v) is 16.1. The number of methoxy groups -OCH3 is 1. The first-order valence-electron chi connectivity index (χ1n) is 8.77. The fourth-order valence-electron chi connectivity index (χ4n) is 2.88. The number of amides is 1. The second-order valence-electron chi connectivity index (χ2n) is 6.41. The van der Waals surface area contributed by atoms with Gasteiger partial charge in [0.15, 0.2) is 0 Å². The van der Waals surface area contributed by atoms with Crippen molar-refractivity contribution in [3.05, 3.63) is 29.8 Å². The van der Waals surface area contributed by atoms with E-state index in [0.29, 0.717) is 50.0 Å². The third kappa shape index (κ3) is 4.80. The number of ether oxygens (including phenoxy) is 1. The summed E-state index contributed by atoms with van der Waals surface area (Å²) in [5, 5.41) is 0. The maximum atomic E-state index is 12.8. The van der Waals surface area contributed by atoms with Gasteiger partial charge in [0.05, 0.1) is 17.9 Å². The lowest BCUT2D eigenvalue weighted by Crippen LogP contribution is -2.50. The molecule has 1 saturated heterocycles. The van der Waals surface area contributed by atoms with E-state index in [9.17, 15) is 13.2 Å². The van der Waals surface area contributed by atoms with Crippen molar-refractivity contribution >= 4 is 15.9 Å². The molecule has 0 unspecified atom stereocenters. The van der Waals surface area contributed by atoms with Gasteiger partial charge in [0.2, 0.25) is 15.9 Å². The van der Waals surface area contributed by atoms with E-state index < -0.39 is 10.0 Å². The van der Waals surface area contributed by atoms with E-state index in [1.165, 1.54) is 4.31 Å². The summed E-state index contributed by atoms with van der Waals surface area (Å²) >= 11 is 0. The average molecular weight is 368 g/mol. The minimum atomic E-state index is -3.51. The maximum Gasteiger partial charge on any atom is 0.243 e. The summed E-state index contributed by atoms with van der Waals surface area (Å²) in [5.74, 6) is 0.426. The molecule has 25 heavy (non-hydrogen) atoms. The highest BCUT2D eigenvalue weighted by atomic mass is 32.2. The summed E-state index contributed by atoms with van der Waals surface area (Å²) in [6.45, 7) is 6.13. The van der Waals surface area contributed by atoms with Gasteiger partial charge in [0.1, 0.15) is 0 Å². The second kappa shape index (κ2) is 8.78. The van der Waals surface area contributed by atoms with Crippen LogP contribution < -0.4 is 0 Å². The zero-order valence-electron chi connectivity index (χ0n) is 15.3. The third-order valence-corrected chi connectivity index (χ3v) is 6.72. The lowest BCUT2D eigenvalue weighted by atomic mass is 9.99. The lowest BCUT2D eigenvalue weighted by molar-refractivity contribution is -0.133. The van der Waals surface area contributed by atoms with Crippen molar-refractivity contribution in [1.29, 1.82) is 0 Å².